The van der Waals surface area contributed by atoms with Crippen molar-refractivity contribution in [2.45, 2.75) is 19.8 Å². The lowest BCUT2D eigenvalue weighted by molar-refractivity contribution is -0.143. The quantitative estimate of drug-likeness (QED) is 0.896. The zero-order chi connectivity index (χ0) is 16.1. The van der Waals surface area contributed by atoms with Gasteiger partial charge in [0, 0.05) is 24.8 Å². The fourth-order valence-electron chi connectivity index (χ4n) is 2.42. The summed E-state index contributed by atoms with van der Waals surface area (Å²) >= 11 is 0. The van der Waals surface area contributed by atoms with Gasteiger partial charge in [-0.15, -0.1) is 0 Å². The molecule has 7 heteroatoms. The molecule has 1 aliphatic heterocycles. The Morgan fingerprint density at radius 3 is 2.91 bits per heavy atom. The summed E-state index contributed by atoms with van der Waals surface area (Å²) in [5.74, 6) is -1.87. The Hall–Kier alpha value is -2.31. The van der Waals surface area contributed by atoms with Crippen LogP contribution >= 0.6 is 0 Å². The third kappa shape index (κ3) is 3.87. The Labute approximate surface area is 127 Å². The van der Waals surface area contributed by atoms with E-state index in [1.807, 2.05) is 0 Å². The van der Waals surface area contributed by atoms with Gasteiger partial charge in [-0.3, -0.25) is 4.79 Å². The summed E-state index contributed by atoms with van der Waals surface area (Å²) in [5, 5.41) is 11.6. The van der Waals surface area contributed by atoms with Gasteiger partial charge < -0.3 is 20.1 Å². The van der Waals surface area contributed by atoms with Gasteiger partial charge in [0.25, 0.3) is 0 Å². The minimum absolute atomic E-state index is 0.129. The van der Waals surface area contributed by atoms with Crippen molar-refractivity contribution in [1.29, 1.82) is 0 Å². The number of halogens is 1. The first-order valence-electron chi connectivity index (χ1n) is 7.22. The smallest absolute Gasteiger partial charge is 0.321 e. The van der Waals surface area contributed by atoms with E-state index in [1.54, 1.807) is 13.0 Å². The number of hydrogen-bond acceptors (Lipinski definition) is 3. The largest absolute Gasteiger partial charge is 0.491 e. The van der Waals surface area contributed by atoms with E-state index in [4.69, 9.17) is 9.84 Å². The van der Waals surface area contributed by atoms with Crippen molar-refractivity contribution >= 4 is 17.7 Å². The van der Waals surface area contributed by atoms with Gasteiger partial charge >= 0.3 is 12.0 Å². The van der Waals surface area contributed by atoms with Crippen LogP contribution in [0.15, 0.2) is 18.2 Å². The number of carboxylic acid groups (broad SMARTS) is 1. The van der Waals surface area contributed by atoms with E-state index in [0.717, 1.165) is 0 Å². The van der Waals surface area contributed by atoms with Crippen molar-refractivity contribution in [3.8, 4) is 5.75 Å². The second-order valence-corrected chi connectivity index (χ2v) is 5.13. The van der Waals surface area contributed by atoms with Gasteiger partial charge in [0.15, 0.2) is 11.6 Å². The van der Waals surface area contributed by atoms with E-state index in [9.17, 15) is 14.0 Å². The first-order chi connectivity index (χ1) is 10.5. The molecule has 1 aliphatic rings. The molecule has 2 amide bonds. The molecule has 1 aromatic carbocycles. The molecule has 0 aromatic heterocycles. The predicted molar refractivity (Wildman–Crippen MR) is 78.5 cm³/mol. The topological polar surface area (TPSA) is 78.9 Å². The highest BCUT2D eigenvalue weighted by molar-refractivity contribution is 5.89. The molecular formula is C15H19FN2O4. The third-order valence-corrected chi connectivity index (χ3v) is 3.54. The number of nitrogens with zero attached hydrogens (tertiary/aromatic N) is 1. The second kappa shape index (κ2) is 7.11. The first kappa shape index (κ1) is 16.1. The fraction of sp³-hybridized carbons (Fsp3) is 0.467. The molecule has 1 saturated heterocycles. The highest BCUT2D eigenvalue weighted by Crippen LogP contribution is 2.22. The fourth-order valence-corrected chi connectivity index (χ4v) is 2.42. The number of ether oxygens (including phenoxy) is 1. The monoisotopic (exact) mass is 310 g/mol. The van der Waals surface area contributed by atoms with E-state index in [0.29, 0.717) is 31.7 Å². The first-order valence-corrected chi connectivity index (χ1v) is 7.22. The molecule has 1 heterocycles. The van der Waals surface area contributed by atoms with Crippen molar-refractivity contribution in [3.05, 3.63) is 24.0 Å². The number of carbonyl (C=O) groups is 2. The number of urea groups is 1. The lowest BCUT2D eigenvalue weighted by Gasteiger charge is -2.30. The summed E-state index contributed by atoms with van der Waals surface area (Å²) in [6.07, 6.45) is 1.21. The summed E-state index contributed by atoms with van der Waals surface area (Å²) in [7, 11) is 0. The highest BCUT2D eigenvalue weighted by Gasteiger charge is 2.28. The lowest BCUT2D eigenvalue weighted by atomic mass is 9.99. The molecular weight excluding hydrogens is 291 g/mol. The Balaban J connectivity index is 1.99. The number of nitrogens with one attached hydrogen (secondary N) is 1. The van der Waals surface area contributed by atoms with Crippen LogP contribution in [0.1, 0.15) is 19.8 Å². The van der Waals surface area contributed by atoms with Gasteiger partial charge in [-0.05, 0) is 31.9 Å². The van der Waals surface area contributed by atoms with Crippen molar-refractivity contribution in [2.24, 2.45) is 5.92 Å². The van der Waals surface area contributed by atoms with Crippen molar-refractivity contribution in [3.63, 3.8) is 0 Å². The van der Waals surface area contributed by atoms with Crippen LogP contribution < -0.4 is 10.1 Å². The molecule has 0 spiro atoms. The van der Waals surface area contributed by atoms with Crippen molar-refractivity contribution in [2.75, 3.05) is 25.0 Å². The van der Waals surface area contributed by atoms with Gasteiger partial charge in [-0.1, -0.05) is 0 Å². The molecule has 120 valence electrons. The number of carbonyl (C=O) groups excluding carboxylic acids is 1. The molecule has 2 rings (SSSR count). The molecule has 1 fully saturated rings. The standard InChI is InChI=1S/C15H19FN2O4/c1-2-22-13-6-5-11(8-12(13)16)17-15(21)18-7-3-4-10(9-18)14(19)20/h5-6,8,10H,2-4,7,9H2,1H3,(H,17,21)(H,19,20). The minimum atomic E-state index is -0.899. The molecule has 2 N–H and O–H groups in total. The second-order valence-electron chi connectivity index (χ2n) is 5.13. The number of benzene rings is 1. The van der Waals surface area contributed by atoms with Crippen LogP contribution in [0.5, 0.6) is 5.75 Å². The molecule has 6 nitrogen and oxygen atoms in total. The molecule has 0 bridgehead atoms. The number of likely N-dealkylation sites (tertiary alicyclic amines) is 1. The van der Waals surface area contributed by atoms with Crippen LogP contribution in [0, 0.1) is 11.7 Å². The Morgan fingerprint density at radius 2 is 2.27 bits per heavy atom. The maximum atomic E-state index is 13.7. The summed E-state index contributed by atoms with van der Waals surface area (Å²) in [5.41, 5.74) is 0.309. The maximum Gasteiger partial charge on any atom is 0.321 e. The van der Waals surface area contributed by atoms with E-state index in [1.165, 1.54) is 17.0 Å². The number of rotatable bonds is 4. The SMILES string of the molecule is CCOc1ccc(NC(=O)N2CCCC(C(=O)O)C2)cc1F. The molecule has 0 saturated carbocycles. The number of aliphatic carboxylic acids is 1. The molecule has 1 aromatic rings. The van der Waals surface area contributed by atoms with E-state index >= 15 is 0 Å². The number of piperidine rings is 1. The molecule has 0 radical (unpaired) electrons. The number of carboxylic acids is 1. The third-order valence-electron chi connectivity index (χ3n) is 3.54. The number of anilines is 1. The van der Waals surface area contributed by atoms with Gasteiger partial charge in [-0.2, -0.15) is 0 Å². The van der Waals surface area contributed by atoms with Gasteiger partial charge in [0.2, 0.25) is 0 Å². The van der Waals surface area contributed by atoms with Crippen LogP contribution in [0.3, 0.4) is 0 Å². The normalized spacial score (nSPS) is 17.9. The van der Waals surface area contributed by atoms with Crippen LogP contribution in [-0.4, -0.2) is 41.7 Å². The Kier molecular flexibility index (Phi) is 5.19. The van der Waals surface area contributed by atoms with Gasteiger partial charge in [0.1, 0.15) is 0 Å². The molecule has 0 aliphatic carbocycles. The molecule has 1 atom stereocenters. The highest BCUT2D eigenvalue weighted by atomic mass is 19.1. The summed E-state index contributed by atoms with van der Waals surface area (Å²) in [6, 6.07) is 3.76. The molecule has 1 unspecified atom stereocenters. The predicted octanol–water partition coefficient (Wildman–Crippen LogP) is 2.55. The maximum absolute atomic E-state index is 13.7. The van der Waals surface area contributed by atoms with E-state index in [-0.39, 0.29) is 12.3 Å². The Bertz CT molecular complexity index is 564. The van der Waals surface area contributed by atoms with E-state index in [2.05, 4.69) is 5.32 Å². The van der Waals surface area contributed by atoms with Gasteiger partial charge in [0.05, 0.1) is 12.5 Å². The zero-order valence-corrected chi connectivity index (χ0v) is 12.3. The average molecular weight is 310 g/mol. The van der Waals surface area contributed by atoms with E-state index < -0.39 is 23.7 Å². The van der Waals surface area contributed by atoms with Crippen LogP contribution in [0.25, 0.3) is 0 Å². The Morgan fingerprint density at radius 1 is 1.50 bits per heavy atom. The zero-order valence-electron chi connectivity index (χ0n) is 12.3. The van der Waals surface area contributed by atoms with Crippen molar-refractivity contribution < 1.29 is 23.8 Å². The minimum Gasteiger partial charge on any atom is -0.491 e. The summed E-state index contributed by atoms with van der Waals surface area (Å²) in [4.78, 5) is 24.6. The number of hydrogen-bond donors (Lipinski definition) is 2. The van der Waals surface area contributed by atoms with Crippen molar-refractivity contribution in [1.82, 2.24) is 4.90 Å². The lowest BCUT2D eigenvalue weighted by Crippen LogP contribution is -2.44. The van der Waals surface area contributed by atoms with Crippen LogP contribution in [0.2, 0.25) is 0 Å². The van der Waals surface area contributed by atoms with Crippen LogP contribution in [-0.2, 0) is 4.79 Å². The molecule has 22 heavy (non-hydrogen) atoms. The summed E-state index contributed by atoms with van der Waals surface area (Å²) < 4.78 is 18.8. The van der Waals surface area contributed by atoms with Crippen LogP contribution in [0.4, 0.5) is 14.9 Å². The number of amides is 2. The average Bonchev–Trinajstić information content (AvgIpc) is 2.50. The van der Waals surface area contributed by atoms with Gasteiger partial charge in [-0.25, -0.2) is 9.18 Å². The summed E-state index contributed by atoms with van der Waals surface area (Å²) in [6.45, 7) is 2.77.